The Labute approximate surface area is 108 Å². The smallest absolute Gasteiger partial charge is 0.155 e. The fourth-order valence-corrected chi connectivity index (χ4v) is 2.00. The monoisotopic (exact) mass is 238 g/mol. The van der Waals surface area contributed by atoms with Gasteiger partial charge in [0.2, 0.25) is 0 Å². The van der Waals surface area contributed by atoms with E-state index in [0.717, 1.165) is 18.4 Å². The molecule has 0 saturated heterocycles. The Morgan fingerprint density at radius 2 is 1.29 bits per heavy atom. The fourth-order valence-electron chi connectivity index (χ4n) is 2.00. The predicted octanol–water partition coefficient (Wildman–Crippen LogP) is 5.44. The van der Waals surface area contributed by atoms with E-state index in [2.05, 4.69) is 6.92 Å². The van der Waals surface area contributed by atoms with Crippen molar-refractivity contribution in [3.63, 3.8) is 0 Å². The molecule has 0 radical (unpaired) electrons. The first kappa shape index (κ1) is 16.4. The van der Waals surface area contributed by atoms with Gasteiger partial charge in [0, 0.05) is 6.42 Å². The molecule has 1 heteroatoms. The third-order valence-corrected chi connectivity index (χ3v) is 2.98. The average molecular weight is 238 g/mol. The van der Waals surface area contributed by atoms with E-state index in [4.69, 9.17) is 0 Å². The minimum atomic E-state index is 0.299. The van der Waals surface area contributed by atoms with Crippen LogP contribution in [0.4, 0.5) is 0 Å². The highest BCUT2D eigenvalue weighted by Gasteiger charge is 1.97. The number of hydrogen-bond donors (Lipinski definition) is 0. The Bertz CT molecular complexity index is 212. The molecule has 0 heterocycles. The Morgan fingerprint density at radius 1 is 0.824 bits per heavy atom. The lowest BCUT2D eigenvalue weighted by molar-refractivity contribution is -0.114. The zero-order valence-electron chi connectivity index (χ0n) is 12.1. The molecule has 0 unspecified atom stereocenters. The zero-order valence-corrected chi connectivity index (χ0v) is 12.1. The number of ketones is 1. The second kappa shape index (κ2) is 11.9. The molecule has 0 saturated carbocycles. The number of unbranched alkanes of at least 4 members (excludes halogenated alkanes) is 8. The van der Waals surface area contributed by atoms with E-state index in [9.17, 15) is 4.79 Å². The van der Waals surface area contributed by atoms with Gasteiger partial charge in [0.05, 0.1) is 0 Å². The standard InChI is InChI=1S/C16H30O/c1-4-5-6-7-8-9-10-11-12-13-16(17)14-15(2)3/h14H,4-13H2,1-3H3. The normalized spacial score (nSPS) is 10.3. The van der Waals surface area contributed by atoms with Gasteiger partial charge in [0.1, 0.15) is 0 Å². The van der Waals surface area contributed by atoms with Crippen LogP contribution < -0.4 is 0 Å². The van der Waals surface area contributed by atoms with Crippen LogP contribution in [0.15, 0.2) is 11.6 Å². The van der Waals surface area contributed by atoms with Crippen molar-refractivity contribution in [2.24, 2.45) is 0 Å². The molecule has 17 heavy (non-hydrogen) atoms. The lowest BCUT2D eigenvalue weighted by atomic mass is 10.1. The van der Waals surface area contributed by atoms with Crippen molar-refractivity contribution in [3.05, 3.63) is 11.6 Å². The minimum absolute atomic E-state index is 0.299. The predicted molar refractivity (Wildman–Crippen MR) is 76.3 cm³/mol. The molecule has 0 atom stereocenters. The summed E-state index contributed by atoms with van der Waals surface area (Å²) in [5, 5.41) is 0. The molecule has 0 amide bonds. The van der Waals surface area contributed by atoms with Gasteiger partial charge in [-0.25, -0.2) is 0 Å². The van der Waals surface area contributed by atoms with Crippen LogP contribution in [-0.2, 0) is 4.79 Å². The summed E-state index contributed by atoms with van der Waals surface area (Å²) in [7, 11) is 0. The number of hydrogen-bond acceptors (Lipinski definition) is 1. The molecule has 0 aromatic rings. The Balaban J connectivity index is 3.18. The maximum Gasteiger partial charge on any atom is 0.155 e. The molecule has 0 spiro atoms. The second-order valence-electron chi connectivity index (χ2n) is 5.27. The van der Waals surface area contributed by atoms with E-state index in [-0.39, 0.29) is 0 Å². The summed E-state index contributed by atoms with van der Waals surface area (Å²) in [5.74, 6) is 0.299. The molecule has 0 aliphatic heterocycles. The molecule has 0 rings (SSSR count). The SMILES string of the molecule is CCCCCCCCCCCC(=O)C=C(C)C. The molecule has 0 aliphatic rings. The van der Waals surface area contributed by atoms with Crippen LogP contribution in [0.5, 0.6) is 0 Å². The molecule has 0 bridgehead atoms. The van der Waals surface area contributed by atoms with Crippen molar-refractivity contribution < 1.29 is 4.79 Å². The highest BCUT2D eigenvalue weighted by Crippen LogP contribution is 2.10. The van der Waals surface area contributed by atoms with Crippen LogP contribution in [0.2, 0.25) is 0 Å². The van der Waals surface area contributed by atoms with Crippen molar-refractivity contribution in [3.8, 4) is 0 Å². The van der Waals surface area contributed by atoms with Crippen LogP contribution >= 0.6 is 0 Å². The lowest BCUT2D eigenvalue weighted by Crippen LogP contribution is -1.93. The van der Waals surface area contributed by atoms with E-state index in [1.807, 2.05) is 13.8 Å². The summed E-state index contributed by atoms with van der Waals surface area (Å²) in [6.45, 7) is 6.21. The van der Waals surface area contributed by atoms with Crippen LogP contribution in [0, 0.1) is 0 Å². The van der Waals surface area contributed by atoms with Crippen molar-refractivity contribution >= 4 is 5.78 Å². The van der Waals surface area contributed by atoms with Crippen LogP contribution in [0.3, 0.4) is 0 Å². The van der Waals surface area contributed by atoms with Gasteiger partial charge in [-0.2, -0.15) is 0 Å². The van der Waals surface area contributed by atoms with Gasteiger partial charge in [-0.15, -0.1) is 0 Å². The van der Waals surface area contributed by atoms with E-state index >= 15 is 0 Å². The second-order valence-corrected chi connectivity index (χ2v) is 5.27. The average Bonchev–Trinajstić information content (AvgIpc) is 2.26. The first-order valence-electron chi connectivity index (χ1n) is 7.34. The van der Waals surface area contributed by atoms with Gasteiger partial charge in [0.25, 0.3) is 0 Å². The zero-order chi connectivity index (χ0) is 12.9. The third kappa shape index (κ3) is 13.3. The molecule has 1 nitrogen and oxygen atoms in total. The van der Waals surface area contributed by atoms with E-state index < -0.39 is 0 Å². The molecular weight excluding hydrogens is 208 g/mol. The number of rotatable bonds is 11. The van der Waals surface area contributed by atoms with Gasteiger partial charge in [-0.1, -0.05) is 63.9 Å². The summed E-state index contributed by atoms with van der Waals surface area (Å²) in [4.78, 5) is 11.4. The first-order chi connectivity index (χ1) is 8.16. The highest BCUT2D eigenvalue weighted by molar-refractivity contribution is 5.90. The Morgan fingerprint density at radius 3 is 1.76 bits per heavy atom. The summed E-state index contributed by atoms with van der Waals surface area (Å²) >= 11 is 0. The Hall–Kier alpha value is -0.590. The summed E-state index contributed by atoms with van der Waals surface area (Å²) in [6.07, 6.45) is 14.3. The van der Waals surface area contributed by atoms with Gasteiger partial charge in [-0.05, 0) is 26.3 Å². The number of carbonyl (C=O) groups is 1. The van der Waals surface area contributed by atoms with Crippen molar-refractivity contribution in [2.75, 3.05) is 0 Å². The largest absolute Gasteiger partial charge is 0.295 e. The maximum atomic E-state index is 11.4. The summed E-state index contributed by atoms with van der Waals surface area (Å²) < 4.78 is 0. The summed E-state index contributed by atoms with van der Waals surface area (Å²) in [6, 6.07) is 0. The van der Waals surface area contributed by atoms with E-state index in [1.54, 1.807) is 6.08 Å². The number of carbonyl (C=O) groups excluding carboxylic acids is 1. The molecule has 0 aliphatic carbocycles. The molecule has 0 N–H and O–H groups in total. The van der Waals surface area contributed by atoms with Gasteiger partial charge < -0.3 is 0 Å². The summed E-state index contributed by atoms with van der Waals surface area (Å²) in [5.41, 5.74) is 1.12. The minimum Gasteiger partial charge on any atom is -0.295 e. The molecule has 0 fully saturated rings. The van der Waals surface area contributed by atoms with Gasteiger partial charge >= 0.3 is 0 Å². The third-order valence-electron chi connectivity index (χ3n) is 2.98. The van der Waals surface area contributed by atoms with Crippen LogP contribution in [0.1, 0.15) is 85.0 Å². The molecular formula is C16H30O. The first-order valence-corrected chi connectivity index (χ1v) is 7.34. The Kier molecular flexibility index (Phi) is 11.5. The molecule has 0 aromatic carbocycles. The molecule has 100 valence electrons. The van der Waals surface area contributed by atoms with Crippen molar-refractivity contribution in [2.45, 2.75) is 85.0 Å². The maximum absolute atomic E-state index is 11.4. The highest BCUT2D eigenvalue weighted by atomic mass is 16.1. The van der Waals surface area contributed by atoms with Crippen molar-refractivity contribution in [1.29, 1.82) is 0 Å². The van der Waals surface area contributed by atoms with Gasteiger partial charge in [-0.3, -0.25) is 4.79 Å². The van der Waals surface area contributed by atoms with Crippen LogP contribution in [0.25, 0.3) is 0 Å². The van der Waals surface area contributed by atoms with Gasteiger partial charge in [0.15, 0.2) is 5.78 Å². The van der Waals surface area contributed by atoms with Crippen LogP contribution in [-0.4, -0.2) is 5.78 Å². The van der Waals surface area contributed by atoms with Crippen molar-refractivity contribution in [1.82, 2.24) is 0 Å². The molecule has 0 aromatic heterocycles. The number of allylic oxidation sites excluding steroid dienone is 2. The van der Waals surface area contributed by atoms with E-state index in [1.165, 1.54) is 51.4 Å². The van der Waals surface area contributed by atoms with E-state index in [0.29, 0.717) is 5.78 Å². The fraction of sp³-hybridized carbons (Fsp3) is 0.812. The quantitative estimate of drug-likeness (QED) is 0.346. The lowest BCUT2D eigenvalue weighted by Gasteiger charge is -2.01. The topological polar surface area (TPSA) is 17.1 Å².